The minimum Gasteiger partial charge on any atom is -0.756 e. The molecular weight excluding hydrogens is 840 g/mol. The van der Waals surface area contributed by atoms with E-state index in [4.69, 9.17) is 9.05 Å². The monoisotopic (exact) mass is 951 g/mol. The number of hydrogen-bond acceptors (Lipinski definition) is 6. The maximum absolute atomic E-state index is 12.9. The quantitative estimate of drug-likeness (QED) is 0.0272. The molecule has 0 saturated carbocycles. The highest BCUT2D eigenvalue weighted by molar-refractivity contribution is 7.45. The molecule has 0 aliphatic heterocycles. The Morgan fingerprint density at radius 1 is 0.515 bits per heavy atom. The first-order valence-electron chi connectivity index (χ1n) is 28.4. The zero-order valence-electron chi connectivity index (χ0n) is 44.4. The maximum atomic E-state index is 12.9. The van der Waals surface area contributed by atoms with E-state index in [9.17, 15) is 19.4 Å². The molecule has 0 aromatic carbocycles. The molecule has 8 nitrogen and oxygen atoms in total. The van der Waals surface area contributed by atoms with Crippen molar-refractivity contribution in [1.82, 2.24) is 5.32 Å². The molecule has 2 N–H and O–H groups in total. The summed E-state index contributed by atoms with van der Waals surface area (Å²) < 4.78 is 23.2. The van der Waals surface area contributed by atoms with Crippen LogP contribution in [-0.2, 0) is 18.4 Å². The zero-order valence-corrected chi connectivity index (χ0v) is 45.3. The van der Waals surface area contributed by atoms with Crippen molar-refractivity contribution in [3.63, 3.8) is 0 Å². The average molecular weight is 951 g/mol. The topological polar surface area (TPSA) is 108 Å². The molecule has 0 aromatic heterocycles. The lowest BCUT2D eigenvalue weighted by molar-refractivity contribution is -0.870. The van der Waals surface area contributed by atoms with E-state index in [0.717, 1.165) is 57.8 Å². The standard InChI is InChI=1S/C57H111N2O6P/c1-6-8-10-12-14-16-18-20-21-22-23-24-25-26-27-28-29-30-31-32-33-34-35-36-37-38-39-40-42-44-46-48-50-56(60)55(54-65-66(62,63)64-53-52-59(3,4)5)58-57(61)51-49-47-45-43-41-19-17-15-13-11-9-7-2/h15,17,40,42,48,50,55-56,60H,6-14,16,18-39,41,43-47,49,51-54H2,1-5H3,(H-,58,61,62,63)/b17-15-,42-40+,50-48+. The summed E-state index contributed by atoms with van der Waals surface area (Å²) in [7, 11) is 1.24. The molecule has 0 aliphatic carbocycles. The Balaban J connectivity index is 4.09. The van der Waals surface area contributed by atoms with Crippen molar-refractivity contribution in [2.75, 3.05) is 40.9 Å². The number of phosphoric acid groups is 1. The van der Waals surface area contributed by atoms with Crippen LogP contribution in [0.15, 0.2) is 36.5 Å². The van der Waals surface area contributed by atoms with Gasteiger partial charge in [-0.25, -0.2) is 0 Å². The van der Waals surface area contributed by atoms with Gasteiger partial charge in [-0.15, -0.1) is 0 Å². The fourth-order valence-electron chi connectivity index (χ4n) is 8.34. The number of nitrogens with one attached hydrogen (secondary N) is 1. The Bertz CT molecular complexity index is 1170. The molecule has 0 aromatic rings. The molecule has 390 valence electrons. The van der Waals surface area contributed by atoms with Crippen LogP contribution < -0.4 is 10.2 Å². The van der Waals surface area contributed by atoms with E-state index < -0.39 is 26.6 Å². The molecule has 0 saturated heterocycles. The summed E-state index contributed by atoms with van der Waals surface area (Å²) in [4.78, 5) is 25.4. The van der Waals surface area contributed by atoms with E-state index >= 15 is 0 Å². The van der Waals surface area contributed by atoms with Gasteiger partial charge in [-0.05, 0) is 57.8 Å². The number of amides is 1. The largest absolute Gasteiger partial charge is 0.756 e. The summed E-state index contributed by atoms with van der Waals surface area (Å²) in [5.74, 6) is -0.216. The summed E-state index contributed by atoms with van der Waals surface area (Å²) >= 11 is 0. The molecule has 66 heavy (non-hydrogen) atoms. The van der Waals surface area contributed by atoms with Gasteiger partial charge >= 0.3 is 0 Å². The minimum absolute atomic E-state index is 0.00771. The van der Waals surface area contributed by atoms with Crippen molar-refractivity contribution < 1.29 is 32.9 Å². The summed E-state index contributed by atoms with van der Waals surface area (Å²) in [5, 5.41) is 13.8. The van der Waals surface area contributed by atoms with Crippen LogP contribution in [0.5, 0.6) is 0 Å². The van der Waals surface area contributed by atoms with Gasteiger partial charge in [-0.3, -0.25) is 9.36 Å². The van der Waals surface area contributed by atoms with Gasteiger partial charge in [0.1, 0.15) is 13.2 Å². The number of likely N-dealkylation sites (N-methyl/N-ethyl adjacent to an activating group) is 1. The van der Waals surface area contributed by atoms with Gasteiger partial charge in [0, 0.05) is 6.42 Å². The van der Waals surface area contributed by atoms with E-state index in [1.165, 1.54) is 193 Å². The lowest BCUT2D eigenvalue weighted by Crippen LogP contribution is -2.45. The second-order valence-electron chi connectivity index (χ2n) is 20.6. The summed E-state index contributed by atoms with van der Waals surface area (Å²) in [6.07, 6.45) is 62.5. The second kappa shape index (κ2) is 48.7. The van der Waals surface area contributed by atoms with Gasteiger partial charge < -0.3 is 28.8 Å². The first-order chi connectivity index (χ1) is 32.0. The summed E-state index contributed by atoms with van der Waals surface area (Å²) in [5.41, 5.74) is 0. The zero-order chi connectivity index (χ0) is 48.5. The van der Waals surface area contributed by atoms with Crippen LogP contribution in [0.2, 0.25) is 0 Å². The molecule has 0 spiro atoms. The Kier molecular flexibility index (Phi) is 47.8. The van der Waals surface area contributed by atoms with Gasteiger partial charge in [0.25, 0.3) is 7.82 Å². The highest BCUT2D eigenvalue weighted by Gasteiger charge is 2.23. The molecule has 3 atom stereocenters. The third-order valence-electron chi connectivity index (χ3n) is 12.8. The molecule has 9 heteroatoms. The number of unbranched alkanes of at least 4 members (excludes halogenated alkanes) is 35. The molecule has 0 rings (SSSR count). The van der Waals surface area contributed by atoms with E-state index in [0.29, 0.717) is 17.4 Å². The molecule has 1 amide bonds. The highest BCUT2D eigenvalue weighted by atomic mass is 31.2. The molecule has 0 heterocycles. The Labute approximate surface area is 410 Å². The normalized spacial score (nSPS) is 14.2. The number of aliphatic hydroxyl groups is 1. The molecule has 0 fully saturated rings. The minimum atomic E-state index is -4.60. The first-order valence-corrected chi connectivity index (χ1v) is 29.8. The SMILES string of the molecule is CCCCC/C=C\CCCCCCCC(=O)NC(COP(=O)([O-])OCC[N+](C)(C)C)C(O)/C=C/CC/C=C/CCCCCCCCCCCCCCCCCCCCCCCCCCCC. The third kappa shape index (κ3) is 50.6. The van der Waals surface area contributed by atoms with Crippen LogP contribution in [0, 0.1) is 0 Å². The molecule has 0 bridgehead atoms. The molecule has 3 unspecified atom stereocenters. The van der Waals surface area contributed by atoms with Crippen LogP contribution in [0.3, 0.4) is 0 Å². The van der Waals surface area contributed by atoms with Gasteiger partial charge in [0.2, 0.25) is 5.91 Å². The van der Waals surface area contributed by atoms with E-state index in [-0.39, 0.29) is 12.5 Å². The number of aliphatic hydroxyl groups excluding tert-OH is 1. The van der Waals surface area contributed by atoms with Crippen LogP contribution in [0.4, 0.5) is 0 Å². The summed E-state index contributed by atoms with van der Waals surface area (Å²) in [6.45, 7) is 4.61. The molecule has 0 radical (unpaired) electrons. The fraction of sp³-hybridized carbons (Fsp3) is 0.877. The number of allylic oxidation sites excluding steroid dienone is 5. The van der Waals surface area contributed by atoms with Crippen molar-refractivity contribution in [2.24, 2.45) is 0 Å². The number of nitrogens with zero attached hydrogens (tertiary/aromatic N) is 1. The third-order valence-corrected chi connectivity index (χ3v) is 13.8. The fourth-order valence-corrected chi connectivity index (χ4v) is 9.06. The van der Waals surface area contributed by atoms with Crippen molar-refractivity contribution >= 4 is 13.7 Å². The van der Waals surface area contributed by atoms with E-state index in [1.807, 2.05) is 27.2 Å². The van der Waals surface area contributed by atoms with Gasteiger partial charge in [0.15, 0.2) is 0 Å². The predicted molar refractivity (Wildman–Crippen MR) is 284 cm³/mol. The van der Waals surface area contributed by atoms with Crippen molar-refractivity contribution in [3.8, 4) is 0 Å². The van der Waals surface area contributed by atoms with Crippen LogP contribution in [0.1, 0.15) is 271 Å². The van der Waals surface area contributed by atoms with Gasteiger partial charge in [-0.1, -0.05) is 243 Å². The number of rotatable bonds is 52. The Morgan fingerprint density at radius 3 is 1.26 bits per heavy atom. The number of carbonyl (C=O) groups excluding carboxylic acids is 1. The van der Waals surface area contributed by atoms with E-state index in [1.54, 1.807) is 6.08 Å². The predicted octanol–water partition coefficient (Wildman–Crippen LogP) is 16.4. The summed E-state index contributed by atoms with van der Waals surface area (Å²) in [6, 6.07) is -0.906. The number of hydrogen-bond donors (Lipinski definition) is 2. The molecular formula is C57H111N2O6P. The van der Waals surface area contributed by atoms with Crippen LogP contribution >= 0.6 is 7.82 Å². The van der Waals surface area contributed by atoms with Crippen LogP contribution in [-0.4, -0.2) is 68.5 Å². The van der Waals surface area contributed by atoms with Gasteiger partial charge in [0.05, 0.1) is 39.9 Å². The number of carbonyl (C=O) groups is 1. The van der Waals surface area contributed by atoms with Gasteiger partial charge in [-0.2, -0.15) is 0 Å². The second-order valence-corrected chi connectivity index (χ2v) is 22.0. The van der Waals surface area contributed by atoms with Crippen LogP contribution in [0.25, 0.3) is 0 Å². The molecule has 0 aliphatic rings. The smallest absolute Gasteiger partial charge is 0.268 e. The van der Waals surface area contributed by atoms with Crippen molar-refractivity contribution in [2.45, 2.75) is 283 Å². The van der Waals surface area contributed by atoms with E-state index in [2.05, 4.69) is 43.5 Å². The lowest BCUT2D eigenvalue weighted by atomic mass is 10.0. The average Bonchev–Trinajstić information content (AvgIpc) is 3.28. The van der Waals surface area contributed by atoms with Crippen molar-refractivity contribution in [3.05, 3.63) is 36.5 Å². The van der Waals surface area contributed by atoms with Crippen molar-refractivity contribution in [1.29, 1.82) is 0 Å². The Hall–Kier alpha value is -1.28. The lowest BCUT2D eigenvalue weighted by Gasteiger charge is -2.29. The Morgan fingerprint density at radius 2 is 0.848 bits per heavy atom. The highest BCUT2D eigenvalue weighted by Crippen LogP contribution is 2.38. The maximum Gasteiger partial charge on any atom is 0.268 e. The first kappa shape index (κ1) is 64.7. The number of phosphoric ester groups is 1. The number of quaternary nitrogens is 1.